The first-order chi connectivity index (χ1) is 8.49. The van der Waals surface area contributed by atoms with E-state index in [0.717, 1.165) is 30.0 Å². The quantitative estimate of drug-likeness (QED) is 0.827. The summed E-state index contributed by atoms with van der Waals surface area (Å²) in [6.45, 7) is 11.2. The van der Waals surface area contributed by atoms with Gasteiger partial charge in [-0.1, -0.05) is 13.8 Å². The summed E-state index contributed by atoms with van der Waals surface area (Å²) in [5.74, 6) is 0. The molecule has 18 heavy (non-hydrogen) atoms. The summed E-state index contributed by atoms with van der Waals surface area (Å²) in [7, 11) is 0. The summed E-state index contributed by atoms with van der Waals surface area (Å²) in [5, 5.41) is 1.13. The van der Waals surface area contributed by atoms with Gasteiger partial charge in [0.05, 0.1) is 16.3 Å². The molecule has 0 saturated heterocycles. The molecule has 0 fully saturated rings. The molecule has 1 aromatic heterocycles. The van der Waals surface area contributed by atoms with Crippen molar-refractivity contribution >= 4 is 11.3 Å². The second-order valence-electron chi connectivity index (χ2n) is 4.76. The Hall–Kier alpha value is -0.450. The third-order valence-corrected chi connectivity index (χ3v) is 4.87. The summed E-state index contributed by atoms with van der Waals surface area (Å²) >= 11 is 1.75. The van der Waals surface area contributed by atoms with Crippen LogP contribution in [-0.2, 0) is 11.2 Å². The van der Waals surface area contributed by atoms with E-state index in [9.17, 15) is 0 Å². The van der Waals surface area contributed by atoms with E-state index >= 15 is 0 Å². The third-order valence-electron chi connectivity index (χ3n) is 3.77. The molecule has 0 aliphatic heterocycles. The molecule has 0 radical (unpaired) electrons. The number of aryl methyl sites for hydroxylation is 2. The first kappa shape index (κ1) is 15.6. The molecule has 0 spiro atoms. The van der Waals surface area contributed by atoms with E-state index in [1.807, 2.05) is 6.92 Å². The number of nitrogens with two attached hydrogens (primary N) is 1. The Labute approximate surface area is 115 Å². The molecule has 1 unspecified atom stereocenters. The average molecular weight is 270 g/mol. The summed E-state index contributed by atoms with van der Waals surface area (Å²) in [4.78, 5) is 5.86. The van der Waals surface area contributed by atoms with E-state index in [1.54, 1.807) is 11.3 Å². The number of hydrogen-bond donors (Lipinski definition) is 1. The topological polar surface area (TPSA) is 48.1 Å². The van der Waals surface area contributed by atoms with E-state index in [1.165, 1.54) is 4.88 Å². The van der Waals surface area contributed by atoms with Gasteiger partial charge >= 0.3 is 0 Å². The largest absolute Gasteiger partial charge is 0.374 e. The standard InChI is InChI=1S/C14H26N2OS/c1-6-14(7-2,17-8-3)12(15)9-13-16-10(4)11(5)18-13/h12H,6-9,15H2,1-5H3. The minimum Gasteiger partial charge on any atom is -0.374 e. The maximum atomic E-state index is 6.39. The van der Waals surface area contributed by atoms with Crippen molar-refractivity contribution in [2.75, 3.05) is 6.61 Å². The van der Waals surface area contributed by atoms with Crippen LogP contribution in [0.25, 0.3) is 0 Å². The molecule has 0 aliphatic carbocycles. The maximum Gasteiger partial charge on any atom is 0.0947 e. The van der Waals surface area contributed by atoms with E-state index in [4.69, 9.17) is 10.5 Å². The van der Waals surface area contributed by atoms with Crippen LogP contribution in [0.1, 0.15) is 49.2 Å². The number of aromatic nitrogens is 1. The van der Waals surface area contributed by atoms with Crippen molar-refractivity contribution in [1.82, 2.24) is 4.98 Å². The van der Waals surface area contributed by atoms with E-state index in [2.05, 4.69) is 32.7 Å². The Balaban J connectivity index is 2.81. The molecule has 2 N–H and O–H groups in total. The Morgan fingerprint density at radius 3 is 2.28 bits per heavy atom. The van der Waals surface area contributed by atoms with Crippen molar-refractivity contribution in [3.05, 3.63) is 15.6 Å². The van der Waals surface area contributed by atoms with Gasteiger partial charge < -0.3 is 10.5 Å². The molecule has 1 rings (SSSR count). The van der Waals surface area contributed by atoms with Gasteiger partial charge in [0.15, 0.2) is 0 Å². The molecule has 4 heteroatoms. The molecule has 0 bridgehead atoms. The van der Waals surface area contributed by atoms with Crippen LogP contribution in [0.4, 0.5) is 0 Å². The summed E-state index contributed by atoms with van der Waals surface area (Å²) in [6, 6.07) is 0.0115. The second kappa shape index (κ2) is 6.64. The van der Waals surface area contributed by atoms with Crippen molar-refractivity contribution in [2.24, 2.45) is 5.73 Å². The first-order valence-electron chi connectivity index (χ1n) is 6.81. The lowest BCUT2D eigenvalue weighted by atomic mass is 9.87. The van der Waals surface area contributed by atoms with Crippen molar-refractivity contribution in [1.29, 1.82) is 0 Å². The van der Waals surface area contributed by atoms with Gasteiger partial charge in [-0.15, -0.1) is 11.3 Å². The van der Waals surface area contributed by atoms with Gasteiger partial charge in [-0.3, -0.25) is 0 Å². The van der Waals surface area contributed by atoms with Crippen LogP contribution in [-0.4, -0.2) is 23.2 Å². The van der Waals surface area contributed by atoms with E-state index in [-0.39, 0.29) is 11.6 Å². The third kappa shape index (κ3) is 3.31. The van der Waals surface area contributed by atoms with Crippen LogP contribution in [0, 0.1) is 13.8 Å². The minimum absolute atomic E-state index is 0.0115. The zero-order valence-electron chi connectivity index (χ0n) is 12.2. The normalized spacial score (nSPS) is 13.9. The fraction of sp³-hybridized carbons (Fsp3) is 0.786. The van der Waals surface area contributed by atoms with Gasteiger partial charge in [0, 0.05) is 23.9 Å². The highest BCUT2D eigenvalue weighted by molar-refractivity contribution is 7.11. The van der Waals surface area contributed by atoms with Crippen molar-refractivity contribution in [2.45, 2.75) is 65.5 Å². The second-order valence-corrected chi connectivity index (χ2v) is 6.05. The number of ether oxygens (including phenoxy) is 1. The van der Waals surface area contributed by atoms with Gasteiger partial charge in [0.2, 0.25) is 0 Å². The molecule has 1 heterocycles. The minimum atomic E-state index is -0.206. The Bertz CT molecular complexity index is 352. The molecule has 3 nitrogen and oxygen atoms in total. The van der Waals surface area contributed by atoms with E-state index in [0.29, 0.717) is 6.61 Å². The van der Waals surface area contributed by atoms with Crippen LogP contribution in [0.15, 0.2) is 0 Å². The molecule has 1 aromatic rings. The van der Waals surface area contributed by atoms with Crippen molar-refractivity contribution in [3.8, 4) is 0 Å². The monoisotopic (exact) mass is 270 g/mol. The van der Waals surface area contributed by atoms with Crippen LogP contribution in [0.3, 0.4) is 0 Å². The molecular formula is C14H26N2OS. The van der Waals surface area contributed by atoms with Gasteiger partial charge in [0.1, 0.15) is 0 Å². The highest BCUT2D eigenvalue weighted by Gasteiger charge is 2.34. The maximum absolute atomic E-state index is 6.39. The Morgan fingerprint density at radius 1 is 1.28 bits per heavy atom. The Morgan fingerprint density at radius 2 is 1.89 bits per heavy atom. The summed E-state index contributed by atoms with van der Waals surface area (Å²) in [6.07, 6.45) is 2.70. The molecule has 0 aromatic carbocycles. The first-order valence-corrected chi connectivity index (χ1v) is 7.63. The average Bonchev–Trinajstić information content (AvgIpc) is 2.65. The SMILES string of the molecule is CCOC(CC)(CC)C(N)Cc1nc(C)c(C)s1. The lowest BCUT2D eigenvalue weighted by molar-refractivity contribution is -0.0633. The highest BCUT2D eigenvalue weighted by atomic mass is 32.1. The van der Waals surface area contributed by atoms with Gasteiger partial charge in [0.25, 0.3) is 0 Å². The van der Waals surface area contributed by atoms with E-state index < -0.39 is 0 Å². The van der Waals surface area contributed by atoms with Gasteiger partial charge in [-0.25, -0.2) is 4.98 Å². The van der Waals surface area contributed by atoms with Crippen LogP contribution in [0.2, 0.25) is 0 Å². The lowest BCUT2D eigenvalue weighted by Crippen LogP contribution is -2.50. The molecular weight excluding hydrogens is 244 g/mol. The lowest BCUT2D eigenvalue weighted by Gasteiger charge is -2.37. The smallest absolute Gasteiger partial charge is 0.0947 e. The molecule has 0 amide bonds. The highest BCUT2D eigenvalue weighted by Crippen LogP contribution is 2.27. The zero-order valence-corrected chi connectivity index (χ0v) is 13.1. The Kier molecular flexibility index (Phi) is 5.76. The summed E-state index contributed by atoms with van der Waals surface area (Å²) in [5.41, 5.74) is 7.31. The molecule has 104 valence electrons. The van der Waals surface area contributed by atoms with Gasteiger partial charge in [-0.05, 0) is 33.6 Å². The molecule has 1 atom stereocenters. The zero-order chi connectivity index (χ0) is 13.8. The van der Waals surface area contributed by atoms with Gasteiger partial charge in [-0.2, -0.15) is 0 Å². The predicted molar refractivity (Wildman–Crippen MR) is 78.2 cm³/mol. The fourth-order valence-electron chi connectivity index (χ4n) is 2.37. The number of hydrogen-bond acceptors (Lipinski definition) is 4. The van der Waals surface area contributed by atoms with Crippen molar-refractivity contribution in [3.63, 3.8) is 0 Å². The molecule has 0 saturated carbocycles. The summed E-state index contributed by atoms with van der Waals surface area (Å²) < 4.78 is 5.95. The van der Waals surface area contributed by atoms with Crippen LogP contribution in [0.5, 0.6) is 0 Å². The van der Waals surface area contributed by atoms with Crippen LogP contribution >= 0.6 is 11.3 Å². The number of thiazole rings is 1. The number of nitrogens with zero attached hydrogens (tertiary/aromatic N) is 1. The number of rotatable bonds is 7. The fourth-order valence-corrected chi connectivity index (χ4v) is 3.37. The molecule has 0 aliphatic rings. The van der Waals surface area contributed by atoms with Crippen LogP contribution < -0.4 is 5.73 Å². The van der Waals surface area contributed by atoms with Crippen molar-refractivity contribution < 1.29 is 4.74 Å². The predicted octanol–water partition coefficient (Wildman–Crippen LogP) is 3.23.